The second kappa shape index (κ2) is 54.5. The number of hydrogen-bond donors (Lipinski definition) is 0. The predicted molar refractivity (Wildman–Crippen MR) is 21.3 cm³/mol. The first kappa shape index (κ1) is 40.5. The normalized spacial score (nSPS) is 1.00. The molecule has 0 aliphatic heterocycles. The third-order valence-electron chi connectivity index (χ3n) is 0. The Morgan fingerprint density at radius 1 is 1.00 bits per heavy atom. The Bertz CT molecular complexity index is 13.5. The molecule has 0 aromatic heterocycles. The van der Waals surface area contributed by atoms with Gasteiger partial charge in [-0.25, -0.2) is 0 Å². The minimum absolute atomic E-state index is 0. The van der Waals surface area contributed by atoms with Gasteiger partial charge in [-0.2, -0.15) is 0 Å². The van der Waals surface area contributed by atoms with Gasteiger partial charge in [-0.05, 0) is 0 Å². The van der Waals surface area contributed by atoms with Crippen LogP contribution in [0, 0.1) is 0 Å². The van der Waals surface area contributed by atoms with Crippen LogP contribution < -0.4 is 0 Å². The van der Waals surface area contributed by atoms with E-state index in [-0.39, 0.29) is 73.8 Å². The second-order valence-corrected chi connectivity index (χ2v) is 0. The van der Waals surface area contributed by atoms with Gasteiger partial charge in [0.15, 0.2) is 17.4 Å². The van der Waals surface area contributed by atoms with Crippen LogP contribution in [0.15, 0.2) is 0 Å². The van der Waals surface area contributed by atoms with Crippen LogP contribution in [0.25, 0.3) is 0 Å². The average Bonchev–Trinajstić information content (AvgIpc) is 1.00. The van der Waals surface area contributed by atoms with E-state index in [0.717, 1.165) is 0 Å². The Kier molecular flexibility index (Phi) is 368. The van der Waals surface area contributed by atoms with Gasteiger partial charge < -0.3 is 0 Å². The fourth-order valence-electron chi connectivity index (χ4n) is 0. The summed E-state index contributed by atoms with van der Waals surface area (Å²) in [6, 6.07) is 0. The molecule has 0 heterocycles. The Hall–Kier alpha value is 2.31. The summed E-state index contributed by atoms with van der Waals surface area (Å²) in [4.78, 5) is 0. The van der Waals surface area contributed by atoms with Crippen LogP contribution in [-0.2, 0) is 56.4 Å². The zero-order valence-electron chi connectivity index (χ0n) is 2.97. The van der Waals surface area contributed by atoms with Crippen molar-refractivity contribution >= 4 is 17.4 Å². The zero-order valence-corrected chi connectivity index (χ0v) is 7.15. The van der Waals surface area contributed by atoms with E-state index in [2.05, 4.69) is 0 Å². The Labute approximate surface area is 86.7 Å². The van der Waals surface area contributed by atoms with Crippen molar-refractivity contribution in [3.05, 3.63) is 0 Å². The molecule has 0 fully saturated rings. The van der Waals surface area contributed by atoms with Crippen LogP contribution in [0.5, 0.6) is 0 Å². The van der Waals surface area contributed by atoms with Gasteiger partial charge >= 0.3 is 0 Å². The van der Waals surface area contributed by atoms with Crippen LogP contribution in [0.3, 0.4) is 0 Å². The molecule has 0 rings (SSSR count). The Balaban J connectivity index is -0.000000000833. The molecule has 1 radical (unpaired) electrons. The summed E-state index contributed by atoms with van der Waals surface area (Å²) in [6.45, 7) is 4.00. The standard InChI is InChI=1S/C2H6.Al.Ni.Pd.Rh.3H/c1-2;;;;;;;/h1-2H3;;;;;;;. The van der Waals surface area contributed by atoms with E-state index in [1.54, 1.807) is 0 Å². The van der Waals surface area contributed by atoms with Crippen molar-refractivity contribution in [1.82, 2.24) is 0 Å². The molecule has 0 aromatic rings. The van der Waals surface area contributed by atoms with Crippen LogP contribution in [0.4, 0.5) is 0 Å². The summed E-state index contributed by atoms with van der Waals surface area (Å²) in [5.41, 5.74) is 0. The van der Waals surface area contributed by atoms with Gasteiger partial charge in [-0.1, -0.05) is 13.8 Å². The molecular formula is C2H9AlNiPdRh. The third kappa shape index (κ3) is 33.3. The molecule has 4 heteroatoms. The Morgan fingerprint density at radius 2 is 1.00 bits per heavy atom. The summed E-state index contributed by atoms with van der Waals surface area (Å²) in [5.74, 6) is 0. The maximum atomic E-state index is 2.00. The Morgan fingerprint density at radius 3 is 1.00 bits per heavy atom. The molecule has 0 unspecified atom stereocenters. The van der Waals surface area contributed by atoms with Crippen LogP contribution >= 0.6 is 0 Å². The molecule has 0 nitrogen and oxygen atoms in total. The molecule has 0 saturated heterocycles. The fourth-order valence-corrected chi connectivity index (χ4v) is 0. The fraction of sp³-hybridized carbons (Fsp3) is 1.00. The van der Waals surface area contributed by atoms with Crippen molar-refractivity contribution in [2.24, 2.45) is 0 Å². The van der Waals surface area contributed by atoms with Crippen LogP contribution in [0.1, 0.15) is 13.8 Å². The molecule has 0 aliphatic rings. The van der Waals surface area contributed by atoms with Gasteiger partial charge in [0.05, 0.1) is 0 Å². The molecule has 0 aromatic carbocycles. The predicted octanol–water partition coefficient (Wildman–Crippen LogP) is -0.165. The topological polar surface area (TPSA) is 0 Å². The molecule has 6 heavy (non-hydrogen) atoms. The van der Waals surface area contributed by atoms with Gasteiger partial charge in [-0.15, -0.1) is 0 Å². The van der Waals surface area contributed by atoms with E-state index >= 15 is 0 Å². The molecule has 0 spiro atoms. The molecule has 0 amide bonds. The molecule has 0 aliphatic carbocycles. The molecule has 0 atom stereocenters. The largest absolute Gasteiger partial charge is 0.187 e. The van der Waals surface area contributed by atoms with Crippen molar-refractivity contribution < 1.29 is 56.4 Å². The minimum atomic E-state index is 0. The molecule has 0 saturated carbocycles. The van der Waals surface area contributed by atoms with Crippen molar-refractivity contribution in [3.63, 3.8) is 0 Å². The summed E-state index contributed by atoms with van der Waals surface area (Å²) < 4.78 is 0. The zero-order chi connectivity index (χ0) is 2.00. The van der Waals surface area contributed by atoms with E-state index in [9.17, 15) is 0 Å². The van der Waals surface area contributed by atoms with E-state index in [4.69, 9.17) is 0 Å². The molecule has 0 N–H and O–H groups in total. The number of rotatable bonds is 0. The molecular weight excluding hydrogens is 319 g/mol. The number of hydrogen-bond acceptors (Lipinski definition) is 0. The van der Waals surface area contributed by atoms with Crippen LogP contribution in [0.2, 0.25) is 0 Å². The van der Waals surface area contributed by atoms with Gasteiger partial charge in [0.1, 0.15) is 0 Å². The monoisotopic (exact) mass is 327 g/mol. The quantitative estimate of drug-likeness (QED) is 0.542. The van der Waals surface area contributed by atoms with Gasteiger partial charge in [0.2, 0.25) is 0 Å². The summed E-state index contributed by atoms with van der Waals surface area (Å²) in [6.07, 6.45) is 0. The third-order valence-corrected chi connectivity index (χ3v) is 0. The van der Waals surface area contributed by atoms with E-state index in [1.807, 2.05) is 13.8 Å². The van der Waals surface area contributed by atoms with Crippen molar-refractivity contribution in [2.75, 3.05) is 0 Å². The smallest absolute Gasteiger partial charge is 0.0683 e. The van der Waals surface area contributed by atoms with Gasteiger partial charge in [0, 0.05) is 56.4 Å². The first-order valence-electron chi connectivity index (χ1n) is 1.00. The van der Waals surface area contributed by atoms with Crippen LogP contribution in [-0.4, -0.2) is 17.4 Å². The average molecular weight is 328 g/mol. The van der Waals surface area contributed by atoms with Gasteiger partial charge in [-0.3, -0.25) is 0 Å². The molecule has 0 bridgehead atoms. The first-order chi connectivity index (χ1) is 1.00. The van der Waals surface area contributed by atoms with Crippen molar-refractivity contribution in [2.45, 2.75) is 13.8 Å². The summed E-state index contributed by atoms with van der Waals surface area (Å²) in [7, 11) is 0. The first-order valence-corrected chi connectivity index (χ1v) is 1.00. The second-order valence-electron chi connectivity index (χ2n) is 0. The van der Waals surface area contributed by atoms with Crippen molar-refractivity contribution in [1.29, 1.82) is 0 Å². The SMILES string of the molecule is CC.[AlH3].[Ni].[Pd].[Rh]. The van der Waals surface area contributed by atoms with E-state index < -0.39 is 0 Å². The van der Waals surface area contributed by atoms with E-state index in [0.29, 0.717) is 0 Å². The maximum absolute atomic E-state index is 2.00. The summed E-state index contributed by atoms with van der Waals surface area (Å²) >= 11 is 0. The minimum Gasteiger partial charge on any atom is -0.0683 e. The van der Waals surface area contributed by atoms with E-state index in [1.165, 1.54) is 0 Å². The maximum Gasteiger partial charge on any atom is 0.187 e. The van der Waals surface area contributed by atoms with Crippen molar-refractivity contribution in [3.8, 4) is 0 Å². The van der Waals surface area contributed by atoms with Gasteiger partial charge in [0.25, 0.3) is 0 Å². The molecule has 49 valence electrons. The summed E-state index contributed by atoms with van der Waals surface area (Å²) in [5, 5.41) is 0.